The molecule has 24 heavy (non-hydrogen) atoms. The summed E-state index contributed by atoms with van der Waals surface area (Å²) < 4.78 is 1.39. The number of hydrogen-bond acceptors (Lipinski definition) is 4. The molecule has 0 radical (unpaired) electrons. The Morgan fingerprint density at radius 1 is 1.29 bits per heavy atom. The molecule has 1 N–H and O–H groups in total. The van der Waals surface area contributed by atoms with Crippen molar-refractivity contribution in [3.63, 3.8) is 0 Å². The van der Waals surface area contributed by atoms with Crippen LogP contribution in [-0.2, 0) is 13.0 Å². The lowest BCUT2D eigenvalue weighted by Crippen LogP contribution is -2.64. The van der Waals surface area contributed by atoms with Crippen molar-refractivity contribution >= 4 is 11.6 Å². The third kappa shape index (κ3) is 2.11. The monoisotopic (exact) mass is 329 g/mol. The van der Waals surface area contributed by atoms with Gasteiger partial charge in [0.15, 0.2) is 0 Å². The topological polar surface area (TPSA) is 73.7 Å². The van der Waals surface area contributed by atoms with E-state index in [1.54, 1.807) is 0 Å². The number of fused-ring (bicyclic) bond motifs is 2. The van der Waals surface area contributed by atoms with Crippen LogP contribution < -0.4 is 5.56 Å². The first-order chi connectivity index (χ1) is 11.3. The highest BCUT2D eigenvalue weighted by atomic mass is 16.2. The number of rotatable bonds is 2. The summed E-state index contributed by atoms with van der Waals surface area (Å²) in [6.07, 6.45) is 0.754. The van der Waals surface area contributed by atoms with Crippen LogP contribution in [0.4, 0.5) is 0 Å². The molecule has 4 heterocycles. The number of H-pyrrole nitrogens is 1. The third-order valence-electron chi connectivity index (χ3n) is 5.18. The van der Waals surface area contributed by atoms with Crippen LogP contribution in [0.1, 0.15) is 49.4 Å². The third-order valence-corrected chi connectivity index (χ3v) is 5.18. The van der Waals surface area contributed by atoms with E-state index in [1.807, 2.05) is 17.9 Å². The lowest BCUT2D eigenvalue weighted by atomic mass is 9.97. The number of nitrogens with zero attached hydrogens (tertiary/aromatic N) is 4. The predicted octanol–water partition coefficient (Wildman–Crippen LogP) is 1.02. The minimum atomic E-state index is -0.179. The van der Waals surface area contributed by atoms with Gasteiger partial charge in [-0.3, -0.25) is 14.5 Å². The lowest BCUT2D eigenvalue weighted by molar-refractivity contribution is -0.0153. The van der Waals surface area contributed by atoms with Gasteiger partial charge in [-0.1, -0.05) is 6.92 Å². The highest BCUT2D eigenvalue weighted by molar-refractivity contribution is 5.97. The highest BCUT2D eigenvalue weighted by Crippen LogP contribution is 2.29. The van der Waals surface area contributed by atoms with Gasteiger partial charge in [0.05, 0.1) is 23.8 Å². The number of likely N-dealkylation sites (tertiary alicyclic amines) is 1. The fraction of sp³-hybridized carbons (Fsp3) is 0.588. The first kappa shape index (κ1) is 15.4. The van der Waals surface area contributed by atoms with Gasteiger partial charge in [-0.05, 0) is 27.2 Å². The van der Waals surface area contributed by atoms with Crippen LogP contribution in [0.2, 0.25) is 0 Å². The van der Waals surface area contributed by atoms with E-state index < -0.39 is 0 Å². The van der Waals surface area contributed by atoms with Crippen molar-refractivity contribution in [3.8, 4) is 0 Å². The van der Waals surface area contributed by atoms with Crippen LogP contribution in [0.3, 0.4) is 0 Å². The van der Waals surface area contributed by atoms with Gasteiger partial charge in [-0.2, -0.15) is 9.61 Å². The normalized spacial score (nSPS) is 19.2. The number of aryl methyl sites for hydroxylation is 1. The second-order valence-corrected chi connectivity index (χ2v) is 7.73. The molecular weight excluding hydrogens is 306 g/mol. The summed E-state index contributed by atoms with van der Waals surface area (Å²) in [5.41, 5.74) is 2.34. The van der Waals surface area contributed by atoms with E-state index in [9.17, 15) is 9.59 Å². The molecule has 128 valence electrons. The number of nitrogens with one attached hydrogen (secondary N) is 1. The Morgan fingerprint density at radius 2 is 2.00 bits per heavy atom. The zero-order valence-corrected chi connectivity index (χ0v) is 14.6. The van der Waals surface area contributed by atoms with Crippen LogP contribution in [0.15, 0.2) is 10.9 Å². The van der Waals surface area contributed by atoms with Gasteiger partial charge in [0, 0.05) is 24.7 Å². The fourth-order valence-electron chi connectivity index (χ4n) is 3.50. The Kier molecular flexibility index (Phi) is 3.16. The quantitative estimate of drug-likeness (QED) is 0.893. The molecule has 2 aromatic rings. The van der Waals surface area contributed by atoms with Gasteiger partial charge in [-0.15, -0.1) is 0 Å². The Bertz CT molecular complexity index is 883. The van der Waals surface area contributed by atoms with Crippen molar-refractivity contribution in [1.29, 1.82) is 0 Å². The molecule has 1 fully saturated rings. The molecule has 7 nitrogen and oxygen atoms in total. The van der Waals surface area contributed by atoms with E-state index in [2.05, 4.69) is 35.8 Å². The minimum absolute atomic E-state index is 0.0672. The molecule has 0 bridgehead atoms. The van der Waals surface area contributed by atoms with Crippen molar-refractivity contribution in [2.75, 3.05) is 13.1 Å². The summed E-state index contributed by atoms with van der Waals surface area (Å²) in [6, 6.07) is 2.01. The molecule has 0 aliphatic carbocycles. The highest BCUT2D eigenvalue weighted by Gasteiger charge is 2.43. The Balaban J connectivity index is 1.64. The molecule has 2 aliphatic heterocycles. The Labute approximate surface area is 140 Å². The summed E-state index contributed by atoms with van der Waals surface area (Å²) in [5, 5.41) is 4.32. The number of aromatic amines is 1. The standard InChI is InChI=1S/C17H23N5O2/c1-5-10-6-13-18-14-12(15(23)22(13)19-10)9-21(16(14)24)11-7-20(8-11)17(2,3)4/h6,11,18H,5,7-9H2,1-4H3. The fourth-order valence-corrected chi connectivity index (χ4v) is 3.50. The van der Waals surface area contributed by atoms with E-state index in [1.165, 1.54) is 4.52 Å². The summed E-state index contributed by atoms with van der Waals surface area (Å²) >= 11 is 0. The van der Waals surface area contributed by atoms with Gasteiger partial charge in [-0.25, -0.2) is 0 Å². The largest absolute Gasteiger partial charge is 0.335 e. The number of amides is 1. The molecule has 2 aliphatic rings. The molecule has 1 amide bonds. The summed E-state index contributed by atoms with van der Waals surface area (Å²) in [4.78, 5) is 32.7. The van der Waals surface area contributed by atoms with Crippen molar-refractivity contribution in [1.82, 2.24) is 24.4 Å². The van der Waals surface area contributed by atoms with Crippen LogP contribution in [0, 0.1) is 0 Å². The molecule has 0 spiro atoms. The molecule has 4 rings (SSSR count). The number of carbonyl (C=O) groups is 1. The molecule has 0 aromatic carbocycles. The van der Waals surface area contributed by atoms with E-state index in [4.69, 9.17) is 0 Å². The SMILES string of the molecule is CCc1cc2[nH]c3c(c(=O)n2n1)CN(C1CN(C(C)(C)C)C1)C3=O. The summed E-state index contributed by atoms with van der Waals surface area (Å²) in [5.74, 6) is -0.0672. The molecule has 0 unspecified atom stereocenters. The average molecular weight is 329 g/mol. The number of aromatic nitrogens is 3. The van der Waals surface area contributed by atoms with Gasteiger partial charge >= 0.3 is 0 Å². The van der Waals surface area contributed by atoms with Gasteiger partial charge < -0.3 is 9.88 Å². The molecule has 1 saturated heterocycles. The Morgan fingerprint density at radius 3 is 2.62 bits per heavy atom. The maximum Gasteiger partial charge on any atom is 0.280 e. The molecule has 2 aromatic heterocycles. The van der Waals surface area contributed by atoms with E-state index in [-0.39, 0.29) is 23.0 Å². The van der Waals surface area contributed by atoms with Crippen molar-refractivity contribution in [2.24, 2.45) is 0 Å². The first-order valence-corrected chi connectivity index (χ1v) is 8.49. The van der Waals surface area contributed by atoms with E-state index in [0.29, 0.717) is 23.4 Å². The van der Waals surface area contributed by atoms with Crippen molar-refractivity contribution in [2.45, 2.75) is 52.2 Å². The number of carbonyl (C=O) groups excluding carboxylic acids is 1. The average Bonchev–Trinajstić information content (AvgIpc) is 3.00. The van der Waals surface area contributed by atoms with Gasteiger partial charge in [0.1, 0.15) is 11.3 Å². The molecular formula is C17H23N5O2. The Hall–Kier alpha value is -2.15. The summed E-state index contributed by atoms with van der Waals surface area (Å²) in [6.45, 7) is 10.6. The second kappa shape index (κ2) is 4.92. The van der Waals surface area contributed by atoms with Crippen LogP contribution in [0.5, 0.6) is 0 Å². The molecule has 0 saturated carbocycles. The van der Waals surface area contributed by atoms with Crippen LogP contribution in [0.25, 0.3) is 5.65 Å². The summed E-state index contributed by atoms with van der Waals surface area (Å²) in [7, 11) is 0. The second-order valence-electron chi connectivity index (χ2n) is 7.73. The van der Waals surface area contributed by atoms with Crippen molar-refractivity contribution < 1.29 is 4.79 Å². The lowest BCUT2D eigenvalue weighted by Gasteiger charge is -2.50. The predicted molar refractivity (Wildman–Crippen MR) is 90.2 cm³/mol. The van der Waals surface area contributed by atoms with Crippen LogP contribution >= 0.6 is 0 Å². The maximum absolute atomic E-state index is 12.8. The van der Waals surface area contributed by atoms with Gasteiger partial charge in [0.2, 0.25) is 0 Å². The zero-order chi connectivity index (χ0) is 17.2. The zero-order valence-electron chi connectivity index (χ0n) is 14.6. The van der Waals surface area contributed by atoms with Crippen LogP contribution in [-0.4, -0.2) is 55.0 Å². The molecule has 0 atom stereocenters. The smallest absolute Gasteiger partial charge is 0.280 e. The van der Waals surface area contributed by atoms with E-state index >= 15 is 0 Å². The van der Waals surface area contributed by atoms with Gasteiger partial charge in [0.25, 0.3) is 11.5 Å². The van der Waals surface area contributed by atoms with Crippen molar-refractivity contribution in [3.05, 3.63) is 33.4 Å². The van der Waals surface area contributed by atoms with E-state index in [0.717, 1.165) is 25.2 Å². The number of hydrogen-bond donors (Lipinski definition) is 1. The molecule has 7 heteroatoms. The maximum atomic E-state index is 12.8. The first-order valence-electron chi connectivity index (χ1n) is 8.49. The minimum Gasteiger partial charge on any atom is -0.335 e.